The van der Waals surface area contributed by atoms with Crippen LogP contribution in [0.5, 0.6) is 0 Å². The van der Waals surface area contributed by atoms with Gasteiger partial charge < -0.3 is 15.5 Å². The molecule has 1 aliphatic rings. The number of nitrogens with one attached hydrogen (secondary N) is 2. The van der Waals surface area contributed by atoms with Gasteiger partial charge in [0, 0.05) is 31.2 Å². The van der Waals surface area contributed by atoms with Gasteiger partial charge in [0.15, 0.2) is 5.13 Å². The van der Waals surface area contributed by atoms with Crippen molar-refractivity contribution in [2.75, 3.05) is 25.0 Å². The number of amides is 3. The maximum absolute atomic E-state index is 12.5. The summed E-state index contributed by atoms with van der Waals surface area (Å²) in [6.07, 6.45) is 3.29. The number of hydrogen-bond donors (Lipinski definition) is 2. The summed E-state index contributed by atoms with van der Waals surface area (Å²) < 4.78 is 0. The van der Waals surface area contributed by atoms with Gasteiger partial charge in [-0.3, -0.25) is 4.79 Å². The molecule has 2 N–H and O–H groups in total. The Morgan fingerprint density at radius 3 is 2.88 bits per heavy atom. The van der Waals surface area contributed by atoms with Gasteiger partial charge in [-0.15, -0.1) is 11.3 Å². The minimum absolute atomic E-state index is 0.0601. The molecule has 2 unspecified atom stereocenters. The molecule has 1 aliphatic heterocycles. The van der Waals surface area contributed by atoms with Crippen LogP contribution in [0, 0.1) is 5.92 Å². The summed E-state index contributed by atoms with van der Waals surface area (Å²) in [6.45, 7) is 3.81. The average Bonchev–Trinajstić information content (AvgIpc) is 3.19. The minimum atomic E-state index is -0.190. The van der Waals surface area contributed by atoms with Crippen molar-refractivity contribution in [3.8, 4) is 0 Å². The first-order chi connectivity index (χ1) is 12.6. The lowest BCUT2D eigenvalue weighted by Gasteiger charge is -2.32. The lowest BCUT2D eigenvalue weighted by molar-refractivity contribution is -0.121. The third-order valence-electron chi connectivity index (χ3n) is 4.67. The van der Waals surface area contributed by atoms with Crippen LogP contribution >= 0.6 is 11.3 Å². The number of urea groups is 1. The van der Waals surface area contributed by atoms with E-state index in [0.29, 0.717) is 24.8 Å². The van der Waals surface area contributed by atoms with E-state index in [4.69, 9.17) is 0 Å². The molecule has 7 heteroatoms. The Bertz CT molecular complexity index is 720. The molecule has 0 saturated carbocycles. The molecular formula is C19H24N4O2S. The van der Waals surface area contributed by atoms with E-state index in [1.165, 1.54) is 16.9 Å². The zero-order valence-corrected chi connectivity index (χ0v) is 15.7. The first-order valence-electron chi connectivity index (χ1n) is 8.91. The van der Waals surface area contributed by atoms with Gasteiger partial charge in [-0.2, -0.15) is 0 Å². The number of aromatic nitrogens is 1. The summed E-state index contributed by atoms with van der Waals surface area (Å²) in [5.74, 6) is -0.00557. The number of benzene rings is 1. The largest absolute Gasteiger partial charge is 0.337 e. The van der Waals surface area contributed by atoms with Crippen molar-refractivity contribution in [1.82, 2.24) is 15.2 Å². The van der Waals surface area contributed by atoms with Crippen LogP contribution < -0.4 is 10.6 Å². The first kappa shape index (κ1) is 18.4. The third kappa shape index (κ3) is 4.82. The van der Waals surface area contributed by atoms with Crippen molar-refractivity contribution in [2.45, 2.75) is 25.7 Å². The van der Waals surface area contributed by atoms with E-state index >= 15 is 0 Å². The number of rotatable bonds is 5. The maximum atomic E-state index is 12.5. The molecule has 0 bridgehead atoms. The van der Waals surface area contributed by atoms with Crippen molar-refractivity contribution in [2.24, 2.45) is 5.92 Å². The zero-order valence-electron chi connectivity index (χ0n) is 14.9. The van der Waals surface area contributed by atoms with Crippen LogP contribution in [0.15, 0.2) is 41.9 Å². The molecule has 2 aromatic rings. The highest BCUT2D eigenvalue weighted by Gasteiger charge is 2.28. The summed E-state index contributed by atoms with van der Waals surface area (Å²) in [4.78, 5) is 30.7. The summed E-state index contributed by atoms with van der Waals surface area (Å²) in [5.41, 5.74) is 1.20. The van der Waals surface area contributed by atoms with Crippen LogP contribution in [-0.4, -0.2) is 41.5 Å². The van der Waals surface area contributed by atoms with Crippen LogP contribution in [0.4, 0.5) is 9.93 Å². The molecule has 1 fully saturated rings. The minimum Gasteiger partial charge on any atom is -0.337 e. The summed E-state index contributed by atoms with van der Waals surface area (Å²) in [5, 5.41) is 8.26. The zero-order chi connectivity index (χ0) is 18.4. The molecule has 1 aromatic carbocycles. The van der Waals surface area contributed by atoms with Crippen molar-refractivity contribution in [3.63, 3.8) is 0 Å². The number of carbonyl (C=O) groups excluding carboxylic acids is 2. The highest BCUT2D eigenvalue weighted by atomic mass is 32.1. The Hall–Kier alpha value is -2.41. The van der Waals surface area contributed by atoms with Crippen molar-refractivity contribution in [3.05, 3.63) is 47.5 Å². The van der Waals surface area contributed by atoms with Crippen molar-refractivity contribution in [1.29, 1.82) is 0 Å². The van der Waals surface area contributed by atoms with Gasteiger partial charge in [0.25, 0.3) is 0 Å². The van der Waals surface area contributed by atoms with Gasteiger partial charge in [-0.1, -0.05) is 37.3 Å². The fraction of sp³-hybridized carbons (Fsp3) is 0.421. The lowest BCUT2D eigenvalue weighted by Crippen LogP contribution is -2.48. The molecule has 26 heavy (non-hydrogen) atoms. The highest BCUT2D eigenvalue weighted by Crippen LogP contribution is 2.20. The van der Waals surface area contributed by atoms with Crippen LogP contribution in [0.2, 0.25) is 0 Å². The molecular weight excluding hydrogens is 348 g/mol. The van der Waals surface area contributed by atoms with Crippen LogP contribution in [0.25, 0.3) is 0 Å². The van der Waals surface area contributed by atoms with Crippen LogP contribution in [0.1, 0.15) is 31.2 Å². The van der Waals surface area contributed by atoms with Gasteiger partial charge in [0.05, 0.1) is 5.92 Å². The monoisotopic (exact) mass is 372 g/mol. The van der Waals surface area contributed by atoms with E-state index < -0.39 is 0 Å². The average molecular weight is 372 g/mol. The molecule has 138 valence electrons. The highest BCUT2D eigenvalue weighted by molar-refractivity contribution is 7.13. The lowest BCUT2D eigenvalue weighted by atomic mass is 9.97. The Morgan fingerprint density at radius 1 is 1.35 bits per heavy atom. The van der Waals surface area contributed by atoms with E-state index in [2.05, 4.69) is 34.7 Å². The Kier molecular flexibility index (Phi) is 6.22. The summed E-state index contributed by atoms with van der Waals surface area (Å²) >= 11 is 1.40. The van der Waals surface area contributed by atoms with Crippen LogP contribution in [0.3, 0.4) is 0 Å². The number of thiazole rings is 1. The van der Waals surface area contributed by atoms with Gasteiger partial charge >= 0.3 is 6.03 Å². The SMILES string of the molecule is CC(CNC(=O)N1CCCC(C(=O)Nc2nccs2)C1)c1ccccc1. The molecule has 3 rings (SSSR count). The van der Waals surface area contributed by atoms with Gasteiger partial charge in [0.1, 0.15) is 0 Å². The number of hydrogen-bond acceptors (Lipinski definition) is 4. The smallest absolute Gasteiger partial charge is 0.317 e. The van der Waals surface area contributed by atoms with E-state index in [0.717, 1.165) is 12.8 Å². The molecule has 3 amide bonds. The van der Waals surface area contributed by atoms with E-state index in [1.54, 1.807) is 11.1 Å². The molecule has 2 heterocycles. The van der Waals surface area contributed by atoms with E-state index in [1.807, 2.05) is 23.6 Å². The first-order valence-corrected chi connectivity index (χ1v) is 9.79. The summed E-state index contributed by atoms with van der Waals surface area (Å²) in [6, 6.07) is 10.0. The molecule has 1 saturated heterocycles. The Balaban J connectivity index is 1.49. The fourth-order valence-electron chi connectivity index (χ4n) is 3.12. The second-order valence-corrected chi connectivity index (χ2v) is 7.50. The number of nitrogens with zero attached hydrogens (tertiary/aromatic N) is 2. The predicted molar refractivity (Wildman–Crippen MR) is 103 cm³/mol. The number of anilines is 1. The predicted octanol–water partition coefficient (Wildman–Crippen LogP) is 3.31. The van der Waals surface area contributed by atoms with E-state index in [-0.39, 0.29) is 23.8 Å². The molecule has 1 aromatic heterocycles. The fourth-order valence-corrected chi connectivity index (χ4v) is 3.65. The quantitative estimate of drug-likeness (QED) is 0.846. The molecule has 6 nitrogen and oxygen atoms in total. The van der Waals surface area contributed by atoms with E-state index in [9.17, 15) is 9.59 Å². The number of piperidine rings is 1. The van der Waals surface area contributed by atoms with Crippen molar-refractivity contribution >= 4 is 28.4 Å². The molecule has 2 atom stereocenters. The maximum Gasteiger partial charge on any atom is 0.317 e. The number of likely N-dealkylation sites (tertiary alicyclic amines) is 1. The van der Waals surface area contributed by atoms with Gasteiger partial charge in [-0.05, 0) is 24.3 Å². The van der Waals surface area contributed by atoms with Gasteiger partial charge in [-0.25, -0.2) is 9.78 Å². The standard InChI is InChI=1S/C19H24N4O2S/c1-14(15-6-3-2-4-7-15)12-21-19(25)23-10-5-8-16(13-23)17(24)22-18-20-9-11-26-18/h2-4,6-7,9,11,14,16H,5,8,10,12-13H2,1H3,(H,21,25)(H,20,22,24). The second kappa shape index (κ2) is 8.80. The topological polar surface area (TPSA) is 74.3 Å². The summed E-state index contributed by atoms with van der Waals surface area (Å²) in [7, 11) is 0. The Morgan fingerprint density at radius 2 is 2.15 bits per heavy atom. The third-order valence-corrected chi connectivity index (χ3v) is 5.36. The van der Waals surface area contributed by atoms with Crippen LogP contribution in [-0.2, 0) is 4.79 Å². The molecule has 0 radical (unpaired) electrons. The van der Waals surface area contributed by atoms with Gasteiger partial charge in [0.2, 0.25) is 5.91 Å². The Labute approximate surface area is 157 Å². The molecule has 0 spiro atoms. The van der Waals surface area contributed by atoms with Crippen molar-refractivity contribution < 1.29 is 9.59 Å². The second-order valence-electron chi connectivity index (χ2n) is 6.61. The molecule has 0 aliphatic carbocycles. The normalized spacial score (nSPS) is 18.2. The number of carbonyl (C=O) groups is 2.